The van der Waals surface area contributed by atoms with Crippen molar-refractivity contribution in [3.05, 3.63) is 60.3 Å². The molecule has 0 fully saturated rings. The fraction of sp³-hybridized carbons (Fsp3) is 0.0625. The van der Waals surface area contributed by atoms with E-state index in [0.29, 0.717) is 11.4 Å². The summed E-state index contributed by atoms with van der Waals surface area (Å²) >= 11 is 0. The number of aromatic nitrogens is 3. The number of rotatable bonds is 4. The first kappa shape index (κ1) is 14.6. The molecule has 0 aliphatic heterocycles. The van der Waals surface area contributed by atoms with E-state index in [4.69, 9.17) is 10.5 Å². The highest BCUT2D eigenvalue weighted by Crippen LogP contribution is 2.23. The lowest BCUT2D eigenvalue weighted by Crippen LogP contribution is -2.07. The zero-order chi connectivity index (χ0) is 16.2. The molecule has 23 heavy (non-hydrogen) atoms. The zero-order valence-electron chi connectivity index (χ0n) is 12.3. The smallest absolute Gasteiger partial charge is 0.362 e. The van der Waals surface area contributed by atoms with Gasteiger partial charge in [-0.15, -0.1) is 5.10 Å². The summed E-state index contributed by atoms with van der Waals surface area (Å²) in [7, 11) is 1.26. The summed E-state index contributed by atoms with van der Waals surface area (Å²) in [5.74, 6) is 0.909. The number of benzene rings is 2. The Labute approximate surface area is 132 Å². The van der Waals surface area contributed by atoms with E-state index >= 15 is 0 Å². The molecule has 116 valence electrons. The van der Waals surface area contributed by atoms with Gasteiger partial charge in [0.1, 0.15) is 11.5 Å². The van der Waals surface area contributed by atoms with Gasteiger partial charge in [-0.2, -0.15) is 4.68 Å². The van der Waals surface area contributed by atoms with Crippen molar-refractivity contribution in [2.24, 2.45) is 0 Å². The van der Waals surface area contributed by atoms with E-state index in [0.717, 1.165) is 5.75 Å². The van der Waals surface area contributed by atoms with Crippen molar-refractivity contribution in [2.75, 3.05) is 12.8 Å². The highest BCUT2D eigenvalue weighted by Gasteiger charge is 2.18. The molecule has 0 bridgehead atoms. The van der Waals surface area contributed by atoms with Crippen LogP contribution in [0.5, 0.6) is 11.5 Å². The van der Waals surface area contributed by atoms with Crippen LogP contribution in [0.2, 0.25) is 0 Å². The number of nitrogen functional groups attached to an aromatic ring is 1. The summed E-state index contributed by atoms with van der Waals surface area (Å²) in [5.41, 5.74) is 6.52. The number of nitrogens with two attached hydrogens (primary N) is 1. The number of esters is 1. The van der Waals surface area contributed by atoms with Crippen LogP contribution < -0.4 is 10.5 Å². The van der Waals surface area contributed by atoms with Gasteiger partial charge in [-0.1, -0.05) is 23.4 Å². The SMILES string of the molecule is COC(=O)c1nnn(-c2ccc(Oc3ccccc3)cc2)c1N. The summed E-state index contributed by atoms with van der Waals surface area (Å²) < 4.78 is 11.7. The molecular formula is C16H14N4O3. The monoisotopic (exact) mass is 310 g/mol. The second-order valence-electron chi connectivity index (χ2n) is 4.64. The van der Waals surface area contributed by atoms with E-state index in [1.807, 2.05) is 30.3 Å². The number of ether oxygens (including phenoxy) is 2. The number of para-hydroxylation sites is 1. The number of methoxy groups -OCH3 is 1. The van der Waals surface area contributed by atoms with Crippen molar-refractivity contribution in [3.63, 3.8) is 0 Å². The van der Waals surface area contributed by atoms with Crippen LogP contribution in [0.25, 0.3) is 5.69 Å². The number of carbonyl (C=O) groups excluding carboxylic acids is 1. The third-order valence-electron chi connectivity index (χ3n) is 3.14. The van der Waals surface area contributed by atoms with Crippen LogP contribution in [0.1, 0.15) is 10.5 Å². The van der Waals surface area contributed by atoms with Gasteiger partial charge in [0.05, 0.1) is 12.8 Å². The summed E-state index contributed by atoms with van der Waals surface area (Å²) in [4.78, 5) is 11.5. The third kappa shape index (κ3) is 2.98. The van der Waals surface area contributed by atoms with Crippen molar-refractivity contribution >= 4 is 11.8 Å². The molecule has 7 nitrogen and oxygen atoms in total. The lowest BCUT2D eigenvalue weighted by molar-refractivity contribution is 0.0595. The van der Waals surface area contributed by atoms with Crippen LogP contribution in [0, 0.1) is 0 Å². The highest BCUT2D eigenvalue weighted by atomic mass is 16.5. The van der Waals surface area contributed by atoms with Crippen LogP contribution in [0.3, 0.4) is 0 Å². The van der Waals surface area contributed by atoms with E-state index in [1.54, 1.807) is 24.3 Å². The predicted molar refractivity (Wildman–Crippen MR) is 83.6 cm³/mol. The molecule has 0 unspecified atom stereocenters. The molecule has 3 aromatic rings. The Hall–Kier alpha value is -3.35. The number of hydrogen-bond acceptors (Lipinski definition) is 6. The topological polar surface area (TPSA) is 92.3 Å². The van der Waals surface area contributed by atoms with Gasteiger partial charge in [-0.3, -0.25) is 0 Å². The Morgan fingerprint density at radius 1 is 1.04 bits per heavy atom. The molecule has 1 aromatic heterocycles. The van der Waals surface area contributed by atoms with Gasteiger partial charge >= 0.3 is 5.97 Å². The molecule has 2 N–H and O–H groups in total. The molecule has 0 amide bonds. The molecule has 0 radical (unpaired) electrons. The third-order valence-corrected chi connectivity index (χ3v) is 3.14. The first-order valence-electron chi connectivity index (χ1n) is 6.82. The van der Waals surface area contributed by atoms with Crippen molar-refractivity contribution in [1.29, 1.82) is 0 Å². The molecular weight excluding hydrogens is 296 g/mol. The van der Waals surface area contributed by atoms with Crippen molar-refractivity contribution in [2.45, 2.75) is 0 Å². The highest BCUT2D eigenvalue weighted by molar-refractivity contribution is 5.92. The molecule has 0 saturated heterocycles. The van der Waals surface area contributed by atoms with Crippen LogP contribution >= 0.6 is 0 Å². The molecule has 0 saturated carbocycles. The number of carbonyl (C=O) groups is 1. The summed E-state index contributed by atoms with van der Waals surface area (Å²) in [5, 5.41) is 7.60. The van der Waals surface area contributed by atoms with Gasteiger partial charge < -0.3 is 15.2 Å². The molecule has 0 atom stereocenters. The number of hydrogen-bond donors (Lipinski definition) is 1. The van der Waals surface area contributed by atoms with E-state index in [-0.39, 0.29) is 11.5 Å². The average Bonchev–Trinajstić information content (AvgIpc) is 2.97. The quantitative estimate of drug-likeness (QED) is 0.744. The van der Waals surface area contributed by atoms with Gasteiger partial charge in [-0.05, 0) is 36.4 Å². The van der Waals surface area contributed by atoms with Gasteiger partial charge in [0.15, 0.2) is 5.82 Å². The Bertz CT molecular complexity index is 813. The van der Waals surface area contributed by atoms with Crippen LogP contribution in [0.4, 0.5) is 5.82 Å². The molecule has 0 aliphatic carbocycles. The summed E-state index contributed by atoms with van der Waals surface area (Å²) in [6.07, 6.45) is 0. The predicted octanol–water partition coefficient (Wildman–Crippen LogP) is 2.43. The van der Waals surface area contributed by atoms with Crippen LogP contribution in [-0.4, -0.2) is 28.1 Å². The Balaban J connectivity index is 1.83. The lowest BCUT2D eigenvalue weighted by Gasteiger charge is -2.07. The maximum Gasteiger partial charge on any atom is 0.362 e. The molecule has 2 aromatic carbocycles. The first-order chi connectivity index (χ1) is 11.2. The van der Waals surface area contributed by atoms with Crippen molar-refractivity contribution < 1.29 is 14.3 Å². The summed E-state index contributed by atoms with van der Waals surface area (Å²) in [6, 6.07) is 16.5. The molecule has 0 aliphatic rings. The molecule has 0 spiro atoms. The zero-order valence-corrected chi connectivity index (χ0v) is 12.3. The maximum atomic E-state index is 11.5. The maximum absolute atomic E-state index is 11.5. The van der Waals surface area contributed by atoms with E-state index in [1.165, 1.54) is 11.8 Å². The standard InChI is InChI=1S/C16H14N4O3/c1-22-16(21)14-15(17)20(19-18-14)11-7-9-13(10-8-11)23-12-5-3-2-4-6-12/h2-10H,17H2,1H3. The van der Waals surface area contributed by atoms with Crippen molar-refractivity contribution in [1.82, 2.24) is 15.0 Å². The van der Waals surface area contributed by atoms with E-state index in [2.05, 4.69) is 15.0 Å². The minimum absolute atomic E-state index is 0.0166. The van der Waals surface area contributed by atoms with Gasteiger partial charge in [0.25, 0.3) is 0 Å². The number of anilines is 1. The lowest BCUT2D eigenvalue weighted by atomic mass is 10.3. The van der Waals surface area contributed by atoms with E-state index < -0.39 is 5.97 Å². The summed E-state index contributed by atoms with van der Waals surface area (Å²) in [6.45, 7) is 0. The minimum atomic E-state index is -0.627. The van der Waals surface area contributed by atoms with Crippen LogP contribution in [-0.2, 0) is 4.74 Å². The van der Waals surface area contributed by atoms with Gasteiger partial charge in [0, 0.05) is 0 Å². The number of nitrogens with zero attached hydrogens (tertiary/aromatic N) is 3. The van der Waals surface area contributed by atoms with E-state index in [9.17, 15) is 4.79 Å². The van der Waals surface area contributed by atoms with Crippen LogP contribution in [0.15, 0.2) is 54.6 Å². The largest absolute Gasteiger partial charge is 0.464 e. The molecule has 1 heterocycles. The first-order valence-corrected chi connectivity index (χ1v) is 6.82. The van der Waals surface area contributed by atoms with Crippen molar-refractivity contribution in [3.8, 4) is 17.2 Å². The second-order valence-corrected chi connectivity index (χ2v) is 4.64. The Kier molecular flexibility index (Phi) is 3.92. The Morgan fingerprint density at radius 3 is 2.35 bits per heavy atom. The molecule has 3 rings (SSSR count). The average molecular weight is 310 g/mol. The molecule has 7 heteroatoms. The normalized spacial score (nSPS) is 10.3. The second kappa shape index (κ2) is 6.18. The fourth-order valence-corrected chi connectivity index (χ4v) is 2.00. The minimum Gasteiger partial charge on any atom is -0.464 e. The Morgan fingerprint density at radius 2 is 1.70 bits per heavy atom. The fourth-order valence-electron chi connectivity index (χ4n) is 2.00. The van der Waals surface area contributed by atoms with Gasteiger partial charge in [0.2, 0.25) is 5.69 Å². The van der Waals surface area contributed by atoms with Gasteiger partial charge in [-0.25, -0.2) is 4.79 Å².